The number of ketones is 1. The number of Topliss-reactive ketones (excluding diaryl/α,β-unsaturated/α-hetero) is 1. The van der Waals surface area contributed by atoms with Crippen LogP contribution in [0.4, 0.5) is 11.4 Å². The molecule has 0 N–H and O–H groups in total. The van der Waals surface area contributed by atoms with Crippen LogP contribution in [0.2, 0.25) is 0 Å². The van der Waals surface area contributed by atoms with E-state index in [9.17, 15) is 29.3 Å². The monoisotopic (exact) mass is 474 g/mol. The van der Waals surface area contributed by atoms with Gasteiger partial charge in [0.2, 0.25) is 11.8 Å². The van der Waals surface area contributed by atoms with Crippen molar-refractivity contribution in [2.75, 3.05) is 4.90 Å². The van der Waals surface area contributed by atoms with E-state index in [1.165, 1.54) is 60.6 Å². The van der Waals surface area contributed by atoms with Crippen LogP contribution in [0.5, 0.6) is 5.75 Å². The van der Waals surface area contributed by atoms with Gasteiger partial charge in [-0.05, 0) is 36.4 Å². The highest BCUT2D eigenvalue weighted by Gasteiger charge is 2.64. The van der Waals surface area contributed by atoms with Crippen LogP contribution in [0.3, 0.4) is 0 Å². The van der Waals surface area contributed by atoms with Crippen LogP contribution < -0.4 is 9.64 Å². The summed E-state index contributed by atoms with van der Waals surface area (Å²) in [5.74, 6) is -3.75. The second kappa shape index (κ2) is 8.28. The standard InChI is InChI=1S/C24H18N4O7/c1-13(29)35-17-9-7-14(8-10-17)22(30)21-20-19(18-6-3-11-25-27(18)21)23(31)26(24(20)32)15-4-2-5-16(12-15)28(33)34/h2-12,18-21H,1H3/t18-,19+,20-,21+/m1/s1. The van der Waals surface area contributed by atoms with E-state index in [2.05, 4.69) is 5.10 Å². The molecule has 5 rings (SSSR count). The third-order valence-electron chi connectivity index (χ3n) is 6.26. The first-order valence-electron chi connectivity index (χ1n) is 10.7. The molecule has 35 heavy (non-hydrogen) atoms. The molecule has 3 aliphatic heterocycles. The fourth-order valence-corrected chi connectivity index (χ4v) is 4.86. The zero-order valence-electron chi connectivity index (χ0n) is 18.3. The van der Waals surface area contributed by atoms with Crippen LogP contribution in [0.15, 0.2) is 65.8 Å². The van der Waals surface area contributed by atoms with Crippen molar-refractivity contribution in [1.29, 1.82) is 0 Å². The molecule has 3 aliphatic rings. The number of esters is 1. The van der Waals surface area contributed by atoms with E-state index < -0.39 is 52.4 Å². The SMILES string of the molecule is CC(=O)Oc1ccc(C(=O)[C@@H]2[C@@H]3C(=O)N(c4cccc([N+](=O)[O-])c4)C(=O)[C@H]3[C@H]3C=CC=NN32)cc1. The third-order valence-corrected chi connectivity index (χ3v) is 6.26. The van der Waals surface area contributed by atoms with Crippen molar-refractivity contribution in [3.8, 4) is 5.75 Å². The van der Waals surface area contributed by atoms with Crippen molar-refractivity contribution in [2.24, 2.45) is 16.9 Å². The number of imide groups is 1. The van der Waals surface area contributed by atoms with Crippen LogP contribution in [-0.2, 0) is 14.4 Å². The van der Waals surface area contributed by atoms with E-state index in [1.54, 1.807) is 12.2 Å². The number of fused-ring (bicyclic) bond motifs is 3. The van der Waals surface area contributed by atoms with Gasteiger partial charge in [-0.3, -0.25) is 34.3 Å². The fraction of sp³-hybridized carbons (Fsp3) is 0.208. The number of hydrogen-bond donors (Lipinski definition) is 0. The predicted octanol–water partition coefficient (Wildman–Crippen LogP) is 2.12. The lowest BCUT2D eigenvalue weighted by Gasteiger charge is -2.30. The smallest absolute Gasteiger partial charge is 0.308 e. The molecule has 2 aromatic carbocycles. The number of rotatable bonds is 5. The first-order valence-corrected chi connectivity index (χ1v) is 10.7. The Bertz CT molecular complexity index is 1330. The van der Waals surface area contributed by atoms with Crippen LogP contribution >= 0.6 is 0 Å². The maximum absolute atomic E-state index is 13.6. The summed E-state index contributed by atoms with van der Waals surface area (Å²) in [6.45, 7) is 1.26. The van der Waals surface area contributed by atoms with E-state index >= 15 is 0 Å². The maximum atomic E-state index is 13.6. The highest BCUT2D eigenvalue weighted by atomic mass is 16.6. The second-order valence-corrected chi connectivity index (χ2v) is 8.29. The molecule has 0 bridgehead atoms. The Morgan fingerprint density at radius 1 is 1.06 bits per heavy atom. The van der Waals surface area contributed by atoms with Crippen molar-refractivity contribution < 1.29 is 28.8 Å². The summed E-state index contributed by atoms with van der Waals surface area (Å²) in [5.41, 5.74) is 0.0731. The number of non-ortho nitro benzene ring substituents is 1. The molecule has 11 nitrogen and oxygen atoms in total. The lowest BCUT2D eigenvalue weighted by atomic mass is 9.86. The van der Waals surface area contributed by atoms with E-state index in [0.717, 1.165) is 11.0 Å². The summed E-state index contributed by atoms with van der Waals surface area (Å²) in [6, 6.07) is 9.47. The molecule has 0 aliphatic carbocycles. The summed E-state index contributed by atoms with van der Waals surface area (Å²) >= 11 is 0. The highest BCUT2D eigenvalue weighted by Crippen LogP contribution is 2.46. The number of carbonyl (C=O) groups is 4. The molecule has 0 unspecified atom stereocenters. The molecule has 2 aromatic rings. The van der Waals surface area contributed by atoms with Crippen molar-refractivity contribution in [3.05, 3.63) is 76.4 Å². The Labute approximate surface area is 198 Å². The molecule has 0 radical (unpaired) electrons. The first kappa shape index (κ1) is 22.1. The quantitative estimate of drug-likeness (QED) is 0.160. The Morgan fingerprint density at radius 3 is 2.46 bits per heavy atom. The van der Waals surface area contributed by atoms with E-state index in [0.29, 0.717) is 0 Å². The van der Waals surface area contributed by atoms with E-state index in [1.807, 2.05) is 0 Å². The second-order valence-electron chi connectivity index (χ2n) is 8.29. The largest absolute Gasteiger partial charge is 0.427 e. The molecule has 0 aromatic heterocycles. The number of hydrazone groups is 1. The Morgan fingerprint density at radius 2 is 1.77 bits per heavy atom. The van der Waals surface area contributed by atoms with Gasteiger partial charge in [0, 0.05) is 30.8 Å². The Kier molecular flexibility index (Phi) is 5.24. The topological polar surface area (TPSA) is 139 Å². The average Bonchev–Trinajstić information content (AvgIpc) is 3.31. The number of hydrogen-bond acceptors (Lipinski definition) is 9. The summed E-state index contributed by atoms with van der Waals surface area (Å²) in [4.78, 5) is 63.3. The number of ether oxygens (including phenoxy) is 1. The minimum atomic E-state index is -1.06. The molecule has 0 spiro atoms. The summed E-state index contributed by atoms with van der Waals surface area (Å²) in [5, 5.41) is 17.0. The third kappa shape index (κ3) is 3.57. The van der Waals surface area contributed by atoms with Gasteiger partial charge < -0.3 is 4.74 Å². The Hall–Kier alpha value is -4.67. The fourth-order valence-electron chi connectivity index (χ4n) is 4.86. The van der Waals surface area contributed by atoms with Gasteiger partial charge in [-0.1, -0.05) is 12.1 Å². The van der Waals surface area contributed by atoms with Crippen LogP contribution in [0.1, 0.15) is 17.3 Å². The molecule has 11 heteroatoms. The number of nitrogens with zero attached hydrogens (tertiary/aromatic N) is 4. The minimum absolute atomic E-state index is 0.0790. The number of anilines is 1. The van der Waals surface area contributed by atoms with Crippen molar-refractivity contribution in [3.63, 3.8) is 0 Å². The number of amides is 2. The number of benzene rings is 2. The summed E-state index contributed by atoms with van der Waals surface area (Å²) < 4.78 is 5.00. The van der Waals surface area contributed by atoms with Gasteiger partial charge in [-0.15, -0.1) is 0 Å². The molecule has 176 valence electrons. The van der Waals surface area contributed by atoms with E-state index in [-0.39, 0.29) is 22.7 Å². The van der Waals surface area contributed by atoms with Crippen LogP contribution in [-0.4, -0.2) is 51.8 Å². The molecule has 4 atom stereocenters. The molecular formula is C24H18N4O7. The zero-order valence-corrected chi connectivity index (χ0v) is 18.3. The zero-order chi connectivity index (χ0) is 24.9. The van der Waals surface area contributed by atoms with Gasteiger partial charge in [0.1, 0.15) is 11.8 Å². The number of nitro groups is 1. The molecule has 0 saturated carbocycles. The van der Waals surface area contributed by atoms with Gasteiger partial charge in [-0.25, -0.2) is 4.90 Å². The van der Waals surface area contributed by atoms with Crippen LogP contribution in [0, 0.1) is 22.0 Å². The van der Waals surface area contributed by atoms with E-state index in [4.69, 9.17) is 4.74 Å². The predicted molar refractivity (Wildman–Crippen MR) is 122 cm³/mol. The lowest BCUT2D eigenvalue weighted by Crippen LogP contribution is -2.46. The molecule has 2 saturated heterocycles. The van der Waals surface area contributed by atoms with Gasteiger partial charge in [-0.2, -0.15) is 5.10 Å². The molecular weight excluding hydrogens is 456 g/mol. The van der Waals surface area contributed by atoms with Crippen LogP contribution in [0.25, 0.3) is 0 Å². The number of carbonyl (C=O) groups excluding carboxylic acids is 4. The lowest BCUT2D eigenvalue weighted by molar-refractivity contribution is -0.384. The van der Waals surface area contributed by atoms with Gasteiger partial charge >= 0.3 is 5.97 Å². The maximum Gasteiger partial charge on any atom is 0.308 e. The van der Waals surface area contributed by atoms with Gasteiger partial charge in [0.25, 0.3) is 5.69 Å². The van der Waals surface area contributed by atoms with Gasteiger partial charge in [0.05, 0.1) is 28.5 Å². The number of allylic oxidation sites excluding steroid dienone is 1. The average molecular weight is 474 g/mol. The minimum Gasteiger partial charge on any atom is -0.427 e. The van der Waals surface area contributed by atoms with Crippen molar-refractivity contribution in [2.45, 2.75) is 19.0 Å². The molecule has 2 fully saturated rings. The summed E-state index contributed by atoms with van der Waals surface area (Å²) in [7, 11) is 0. The normalized spacial score (nSPS) is 24.4. The van der Waals surface area contributed by atoms with Crippen molar-refractivity contribution >= 4 is 41.2 Å². The number of nitro benzene ring substituents is 1. The molecule has 3 heterocycles. The highest BCUT2D eigenvalue weighted by molar-refractivity contribution is 6.24. The molecule has 2 amide bonds. The van der Waals surface area contributed by atoms with Gasteiger partial charge in [0.15, 0.2) is 5.78 Å². The first-order chi connectivity index (χ1) is 16.8. The van der Waals surface area contributed by atoms with Crippen molar-refractivity contribution in [1.82, 2.24) is 5.01 Å². The summed E-state index contributed by atoms with van der Waals surface area (Å²) in [6.07, 6.45) is 4.84. The Balaban J connectivity index is 1.52.